The number of para-hydroxylation sites is 1. The Labute approximate surface area is 83.3 Å². The van der Waals surface area contributed by atoms with E-state index in [2.05, 4.69) is 5.32 Å². The summed E-state index contributed by atoms with van der Waals surface area (Å²) in [7, 11) is 0. The van der Waals surface area contributed by atoms with Crippen molar-refractivity contribution < 1.29 is 4.79 Å². The zero-order chi connectivity index (χ0) is 10.3. The molecule has 14 heavy (non-hydrogen) atoms. The van der Waals surface area contributed by atoms with E-state index in [9.17, 15) is 4.79 Å². The number of carbonyl (C=O) groups is 1. The number of carbonyl (C=O) groups excluding carboxylic acids is 1. The van der Waals surface area contributed by atoms with E-state index >= 15 is 0 Å². The first-order chi connectivity index (χ1) is 6.53. The third kappa shape index (κ3) is 1.09. The van der Waals surface area contributed by atoms with Crippen LogP contribution in [-0.2, 0) is 10.2 Å². The Hall–Kier alpha value is -1.51. The van der Waals surface area contributed by atoms with Crippen molar-refractivity contribution in [2.75, 3.05) is 5.32 Å². The number of hydrogen-bond donors (Lipinski definition) is 2. The van der Waals surface area contributed by atoms with Crippen molar-refractivity contribution in [1.82, 2.24) is 0 Å². The Bertz CT molecular complexity index is 385. The molecule has 1 atom stereocenters. The molecule has 0 radical (unpaired) electrons. The fourth-order valence-electron chi connectivity index (χ4n) is 2.09. The molecule has 0 unspecified atom stereocenters. The van der Waals surface area contributed by atoms with E-state index in [0.29, 0.717) is 0 Å². The molecule has 0 aromatic heterocycles. The summed E-state index contributed by atoms with van der Waals surface area (Å²) in [5.41, 5.74) is 7.30. The zero-order valence-corrected chi connectivity index (χ0v) is 8.37. The maximum atomic E-state index is 11.2. The lowest BCUT2D eigenvalue weighted by atomic mass is 9.80. The predicted molar refractivity (Wildman–Crippen MR) is 56.1 cm³/mol. The van der Waals surface area contributed by atoms with Gasteiger partial charge in [-0.25, -0.2) is 0 Å². The topological polar surface area (TPSA) is 55.1 Å². The highest BCUT2D eigenvalue weighted by Gasteiger charge is 2.42. The lowest BCUT2D eigenvalue weighted by molar-refractivity contribution is -0.119. The molecule has 3 heteroatoms. The van der Waals surface area contributed by atoms with Gasteiger partial charge in [0.25, 0.3) is 0 Å². The first-order valence-electron chi connectivity index (χ1n) is 4.69. The van der Waals surface area contributed by atoms with Gasteiger partial charge in [0.15, 0.2) is 0 Å². The molecule has 1 amide bonds. The number of amides is 1. The second-order valence-corrected chi connectivity index (χ2v) is 4.25. The summed E-state index contributed by atoms with van der Waals surface area (Å²) in [6.07, 6.45) is 0. The molecule has 1 aromatic carbocycles. The second-order valence-electron chi connectivity index (χ2n) is 4.25. The minimum atomic E-state index is -0.306. The number of hydrogen-bond acceptors (Lipinski definition) is 2. The molecule has 1 heterocycles. The Morgan fingerprint density at radius 1 is 1.43 bits per heavy atom. The highest BCUT2D eigenvalue weighted by Crippen LogP contribution is 2.40. The zero-order valence-electron chi connectivity index (χ0n) is 8.37. The Balaban J connectivity index is 2.50. The van der Waals surface area contributed by atoms with Crippen molar-refractivity contribution in [1.29, 1.82) is 0 Å². The van der Waals surface area contributed by atoms with Crippen LogP contribution in [0.1, 0.15) is 19.4 Å². The second kappa shape index (κ2) is 2.74. The Kier molecular flexibility index (Phi) is 1.77. The van der Waals surface area contributed by atoms with Crippen LogP contribution in [-0.4, -0.2) is 11.9 Å². The monoisotopic (exact) mass is 190 g/mol. The minimum Gasteiger partial charge on any atom is -0.373 e. The predicted octanol–water partition coefficient (Wildman–Crippen LogP) is 1.24. The molecule has 1 aromatic rings. The summed E-state index contributed by atoms with van der Waals surface area (Å²) < 4.78 is 0. The summed E-state index contributed by atoms with van der Waals surface area (Å²) in [6, 6.07) is 7.63. The standard InChI is InChI=1S/C11H14N2O/c1-11(2)7-5-3-4-6-8(7)13-9(11)10(12)14/h3-6,9,13H,1-2H3,(H2,12,14)/t9-/m0/s1. The van der Waals surface area contributed by atoms with Crippen molar-refractivity contribution in [2.45, 2.75) is 25.3 Å². The van der Waals surface area contributed by atoms with Crippen LogP contribution >= 0.6 is 0 Å². The van der Waals surface area contributed by atoms with E-state index in [-0.39, 0.29) is 17.4 Å². The minimum absolute atomic E-state index is 0.220. The van der Waals surface area contributed by atoms with Crippen LogP contribution in [0.2, 0.25) is 0 Å². The normalized spacial score (nSPS) is 22.6. The molecule has 0 saturated heterocycles. The molecule has 0 fully saturated rings. The van der Waals surface area contributed by atoms with Gasteiger partial charge < -0.3 is 11.1 Å². The van der Waals surface area contributed by atoms with Gasteiger partial charge in [-0.3, -0.25) is 4.79 Å². The number of rotatable bonds is 1. The summed E-state index contributed by atoms with van der Waals surface area (Å²) in [6.45, 7) is 4.06. The highest BCUT2D eigenvalue weighted by atomic mass is 16.1. The molecule has 3 nitrogen and oxygen atoms in total. The van der Waals surface area contributed by atoms with Gasteiger partial charge in [0, 0.05) is 11.1 Å². The van der Waals surface area contributed by atoms with Crippen LogP contribution in [0.15, 0.2) is 24.3 Å². The number of nitrogens with one attached hydrogen (secondary N) is 1. The lowest BCUT2D eigenvalue weighted by Gasteiger charge is -2.24. The molecule has 0 spiro atoms. The SMILES string of the molecule is CC1(C)c2ccccc2N[C@H]1C(N)=O. The summed E-state index contributed by atoms with van der Waals surface area (Å²) in [5.74, 6) is -0.300. The average Bonchev–Trinajstić information content (AvgIpc) is 2.39. The molecule has 1 aliphatic rings. The third-order valence-electron chi connectivity index (χ3n) is 2.93. The van der Waals surface area contributed by atoms with Gasteiger partial charge in [-0.2, -0.15) is 0 Å². The van der Waals surface area contributed by atoms with Gasteiger partial charge in [0.1, 0.15) is 6.04 Å². The molecular formula is C11H14N2O. The van der Waals surface area contributed by atoms with Crippen molar-refractivity contribution >= 4 is 11.6 Å². The van der Waals surface area contributed by atoms with Gasteiger partial charge in [-0.05, 0) is 11.6 Å². The summed E-state index contributed by atoms with van der Waals surface area (Å²) in [5, 5.41) is 3.15. The van der Waals surface area contributed by atoms with Gasteiger partial charge in [-0.15, -0.1) is 0 Å². The third-order valence-corrected chi connectivity index (χ3v) is 2.93. The quantitative estimate of drug-likeness (QED) is 0.700. The molecule has 1 aliphatic heterocycles. The van der Waals surface area contributed by atoms with Gasteiger partial charge >= 0.3 is 0 Å². The van der Waals surface area contributed by atoms with Crippen LogP contribution in [0.4, 0.5) is 5.69 Å². The highest BCUT2D eigenvalue weighted by molar-refractivity contribution is 5.88. The van der Waals surface area contributed by atoms with Crippen LogP contribution in [0.5, 0.6) is 0 Å². The first-order valence-corrected chi connectivity index (χ1v) is 4.69. The fourth-order valence-corrected chi connectivity index (χ4v) is 2.09. The molecule has 0 bridgehead atoms. The van der Waals surface area contributed by atoms with E-state index < -0.39 is 0 Å². The van der Waals surface area contributed by atoms with Gasteiger partial charge in [0.05, 0.1) is 0 Å². The van der Waals surface area contributed by atoms with Gasteiger partial charge in [0.2, 0.25) is 5.91 Å². The maximum absolute atomic E-state index is 11.2. The van der Waals surface area contributed by atoms with Crippen molar-refractivity contribution in [2.24, 2.45) is 5.73 Å². The molecular weight excluding hydrogens is 176 g/mol. The van der Waals surface area contributed by atoms with Crippen LogP contribution in [0.3, 0.4) is 0 Å². The van der Waals surface area contributed by atoms with E-state index in [1.165, 1.54) is 0 Å². The molecule has 0 saturated carbocycles. The van der Waals surface area contributed by atoms with Crippen LogP contribution in [0.25, 0.3) is 0 Å². The number of anilines is 1. The number of nitrogens with two attached hydrogens (primary N) is 1. The van der Waals surface area contributed by atoms with Crippen molar-refractivity contribution in [3.63, 3.8) is 0 Å². The first kappa shape index (κ1) is 9.06. The van der Waals surface area contributed by atoms with Crippen molar-refractivity contribution in [3.8, 4) is 0 Å². The van der Waals surface area contributed by atoms with Crippen LogP contribution < -0.4 is 11.1 Å². The maximum Gasteiger partial charge on any atom is 0.240 e. The van der Waals surface area contributed by atoms with Crippen molar-refractivity contribution in [3.05, 3.63) is 29.8 Å². The van der Waals surface area contributed by atoms with E-state index in [4.69, 9.17) is 5.73 Å². The summed E-state index contributed by atoms with van der Waals surface area (Å²) in [4.78, 5) is 11.2. The van der Waals surface area contributed by atoms with Crippen LogP contribution in [0, 0.1) is 0 Å². The van der Waals surface area contributed by atoms with E-state index in [1.807, 2.05) is 38.1 Å². The Morgan fingerprint density at radius 3 is 2.64 bits per heavy atom. The van der Waals surface area contributed by atoms with E-state index in [1.54, 1.807) is 0 Å². The lowest BCUT2D eigenvalue weighted by Crippen LogP contribution is -2.44. The molecule has 74 valence electrons. The molecule has 0 aliphatic carbocycles. The van der Waals surface area contributed by atoms with Gasteiger partial charge in [-0.1, -0.05) is 32.0 Å². The largest absolute Gasteiger partial charge is 0.373 e. The number of primary amides is 1. The smallest absolute Gasteiger partial charge is 0.240 e. The fraction of sp³-hybridized carbons (Fsp3) is 0.364. The summed E-state index contributed by atoms with van der Waals surface area (Å²) >= 11 is 0. The molecule has 3 N–H and O–H groups in total. The molecule has 2 rings (SSSR count). The van der Waals surface area contributed by atoms with E-state index in [0.717, 1.165) is 11.3 Å². The number of fused-ring (bicyclic) bond motifs is 1. The average molecular weight is 190 g/mol. The number of benzene rings is 1. The Morgan fingerprint density at radius 2 is 2.07 bits per heavy atom.